The summed E-state index contributed by atoms with van der Waals surface area (Å²) in [5, 5.41) is 27.1. The van der Waals surface area contributed by atoms with E-state index >= 15 is 0 Å². The van der Waals surface area contributed by atoms with Crippen LogP contribution in [0.4, 0.5) is 0 Å². The molecule has 4 nitrogen and oxygen atoms in total. The van der Waals surface area contributed by atoms with Crippen LogP contribution in [0.1, 0.15) is 17.4 Å². The van der Waals surface area contributed by atoms with Crippen molar-refractivity contribution < 1.29 is 10.3 Å². The van der Waals surface area contributed by atoms with Crippen molar-refractivity contribution in [2.24, 2.45) is 0 Å². The standard InChI is InChI=1S/C9H10N2O2/c10-8-5-11(13)9(12)7-4-2-1-3-6(7)8/h1-4,9-10,12-13H,5H2. The fraction of sp³-hybridized carbons (Fsp3) is 0.222. The molecule has 0 amide bonds. The summed E-state index contributed by atoms with van der Waals surface area (Å²) in [4.78, 5) is 0. The Hall–Kier alpha value is -1.23. The van der Waals surface area contributed by atoms with E-state index in [4.69, 9.17) is 5.41 Å². The molecule has 0 radical (unpaired) electrons. The van der Waals surface area contributed by atoms with E-state index < -0.39 is 6.23 Å². The monoisotopic (exact) mass is 178 g/mol. The van der Waals surface area contributed by atoms with Gasteiger partial charge >= 0.3 is 0 Å². The van der Waals surface area contributed by atoms with Crippen molar-refractivity contribution >= 4 is 5.71 Å². The lowest BCUT2D eigenvalue weighted by Gasteiger charge is -2.28. The van der Waals surface area contributed by atoms with E-state index in [1.165, 1.54) is 0 Å². The second-order valence-corrected chi connectivity index (χ2v) is 3.04. The number of hydroxylamine groups is 2. The summed E-state index contributed by atoms with van der Waals surface area (Å²) < 4.78 is 0. The molecule has 1 unspecified atom stereocenters. The van der Waals surface area contributed by atoms with Crippen LogP contribution in [0.25, 0.3) is 0 Å². The Morgan fingerprint density at radius 3 is 2.85 bits per heavy atom. The molecular weight excluding hydrogens is 168 g/mol. The average molecular weight is 178 g/mol. The maximum Gasteiger partial charge on any atom is 0.156 e. The van der Waals surface area contributed by atoms with E-state index in [9.17, 15) is 10.3 Å². The molecule has 0 saturated carbocycles. The van der Waals surface area contributed by atoms with Crippen molar-refractivity contribution in [2.75, 3.05) is 6.54 Å². The van der Waals surface area contributed by atoms with Gasteiger partial charge in [-0.25, -0.2) is 0 Å². The molecule has 1 atom stereocenters. The predicted molar refractivity (Wildman–Crippen MR) is 46.7 cm³/mol. The highest BCUT2D eigenvalue weighted by Gasteiger charge is 2.26. The number of rotatable bonds is 0. The summed E-state index contributed by atoms with van der Waals surface area (Å²) in [6, 6.07) is 7.06. The first kappa shape index (κ1) is 8.37. The molecule has 0 saturated heterocycles. The average Bonchev–Trinajstić information content (AvgIpc) is 2.15. The number of fused-ring (bicyclic) bond motifs is 1. The van der Waals surface area contributed by atoms with Gasteiger partial charge in [-0.1, -0.05) is 24.3 Å². The largest absolute Gasteiger partial charge is 0.372 e. The van der Waals surface area contributed by atoms with Crippen LogP contribution in [0, 0.1) is 5.41 Å². The third kappa shape index (κ3) is 1.25. The maximum absolute atomic E-state index is 9.53. The third-order valence-corrected chi connectivity index (χ3v) is 2.17. The first-order valence-corrected chi connectivity index (χ1v) is 4.00. The van der Waals surface area contributed by atoms with E-state index in [-0.39, 0.29) is 6.54 Å². The van der Waals surface area contributed by atoms with Crippen molar-refractivity contribution in [1.82, 2.24) is 5.06 Å². The van der Waals surface area contributed by atoms with Crippen LogP contribution in [-0.4, -0.2) is 27.6 Å². The molecule has 0 aliphatic carbocycles. The third-order valence-electron chi connectivity index (χ3n) is 2.17. The first-order chi connectivity index (χ1) is 6.20. The zero-order valence-corrected chi connectivity index (χ0v) is 6.94. The first-order valence-electron chi connectivity index (χ1n) is 4.00. The van der Waals surface area contributed by atoms with Gasteiger partial charge in [0.1, 0.15) is 0 Å². The van der Waals surface area contributed by atoms with E-state index in [2.05, 4.69) is 0 Å². The highest BCUT2D eigenvalue weighted by Crippen LogP contribution is 2.25. The van der Waals surface area contributed by atoms with Crippen LogP contribution in [0.5, 0.6) is 0 Å². The minimum absolute atomic E-state index is 0.0676. The number of aliphatic hydroxyl groups excluding tert-OH is 1. The van der Waals surface area contributed by atoms with Crippen LogP contribution in [0.15, 0.2) is 24.3 Å². The molecule has 0 spiro atoms. The van der Waals surface area contributed by atoms with Crippen molar-refractivity contribution in [3.05, 3.63) is 35.4 Å². The number of aliphatic hydroxyl groups is 1. The van der Waals surface area contributed by atoms with Crippen molar-refractivity contribution in [2.45, 2.75) is 6.23 Å². The highest BCUT2D eigenvalue weighted by molar-refractivity contribution is 6.01. The minimum Gasteiger partial charge on any atom is -0.372 e. The van der Waals surface area contributed by atoms with E-state index in [0.29, 0.717) is 16.8 Å². The Labute approximate surface area is 75.5 Å². The number of nitrogens with zero attached hydrogens (tertiary/aromatic N) is 1. The molecule has 13 heavy (non-hydrogen) atoms. The van der Waals surface area contributed by atoms with Crippen molar-refractivity contribution in [3.8, 4) is 0 Å². The summed E-state index contributed by atoms with van der Waals surface area (Å²) in [7, 11) is 0. The molecule has 1 aliphatic heterocycles. The molecule has 0 aromatic heterocycles. The van der Waals surface area contributed by atoms with Crippen LogP contribution >= 0.6 is 0 Å². The minimum atomic E-state index is -1.01. The SMILES string of the molecule is N=C1CN(O)C(O)c2ccccc21. The van der Waals surface area contributed by atoms with Gasteiger partial charge in [0.05, 0.1) is 12.3 Å². The molecule has 1 heterocycles. The molecule has 4 heteroatoms. The van der Waals surface area contributed by atoms with Crippen LogP contribution in [0.2, 0.25) is 0 Å². The molecular formula is C9H10N2O2. The summed E-state index contributed by atoms with van der Waals surface area (Å²) in [6.07, 6.45) is -1.01. The van der Waals surface area contributed by atoms with Gasteiger partial charge in [0.2, 0.25) is 0 Å². The molecule has 2 rings (SSSR count). The van der Waals surface area contributed by atoms with E-state index in [1.807, 2.05) is 6.07 Å². The number of hydrogen-bond donors (Lipinski definition) is 3. The zero-order valence-electron chi connectivity index (χ0n) is 6.94. The number of nitrogens with one attached hydrogen (secondary N) is 1. The van der Waals surface area contributed by atoms with Crippen molar-refractivity contribution in [1.29, 1.82) is 5.41 Å². The van der Waals surface area contributed by atoms with E-state index in [0.717, 1.165) is 5.06 Å². The Balaban J connectivity index is 2.53. The van der Waals surface area contributed by atoms with E-state index in [1.54, 1.807) is 18.2 Å². The van der Waals surface area contributed by atoms with Gasteiger partial charge in [-0.15, -0.1) is 0 Å². The van der Waals surface area contributed by atoms with Gasteiger partial charge in [0.25, 0.3) is 0 Å². The predicted octanol–water partition coefficient (Wildman–Crippen LogP) is 0.750. The second-order valence-electron chi connectivity index (χ2n) is 3.04. The number of hydrogen-bond acceptors (Lipinski definition) is 4. The molecule has 0 fully saturated rings. The van der Waals surface area contributed by atoms with Gasteiger partial charge in [0, 0.05) is 11.1 Å². The Morgan fingerprint density at radius 2 is 2.08 bits per heavy atom. The fourth-order valence-electron chi connectivity index (χ4n) is 1.49. The Morgan fingerprint density at radius 1 is 1.38 bits per heavy atom. The number of benzene rings is 1. The molecule has 1 aromatic rings. The lowest BCUT2D eigenvalue weighted by atomic mass is 9.98. The van der Waals surface area contributed by atoms with Crippen molar-refractivity contribution in [3.63, 3.8) is 0 Å². The lowest BCUT2D eigenvalue weighted by Crippen LogP contribution is -2.36. The molecule has 1 aromatic carbocycles. The summed E-state index contributed by atoms with van der Waals surface area (Å²) in [5.74, 6) is 0. The maximum atomic E-state index is 9.53. The highest BCUT2D eigenvalue weighted by atomic mass is 16.5. The Bertz CT molecular complexity index is 351. The lowest BCUT2D eigenvalue weighted by molar-refractivity contribution is -0.191. The van der Waals surface area contributed by atoms with Crippen LogP contribution < -0.4 is 0 Å². The molecule has 1 aliphatic rings. The smallest absolute Gasteiger partial charge is 0.156 e. The van der Waals surface area contributed by atoms with Gasteiger partial charge in [-0.05, 0) is 0 Å². The summed E-state index contributed by atoms with van der Waals surface area (Å²) in [6.45, 7) is 0.0676. The zero-order chi connectivity index (χ0) is 9.42. The normalized spacial score (nSPS) is 22.9. The van der Waals surface area contributed by atoms with Crippen LogP contribution in [-0.2, 0) is 0 Å². The van der Waals surface area contributed by atoms with Gasteiger partial charge in [-0.3, -0.25) is 0 Å². The van der Waals surface area contributed by atoms with Gasteiger partial charge in [-0.2, -0.15) is 5.06 Å². The molecule has 3 N–H and O–H groups in total. The Kier molecular flexibility index (Phi) is 1.88. The summed E-state index contributed by atoms with van der Waals surface area (Å²) in [5.41, 5.74) is 1.62. The topological polar surface area (TPSA) is 67.6 Å². The molecule has 68 valence electrons. The quantitative estimate of drug-likeness (QED) is 0.549. The van der Waals surface area contributed by atoms with Gasteiger partial charge in [0.15, 0.2) is 6.23 Å². The second kappa shape index (κ2) is 2.92. The fourth-order valence-corrected chi connectivity index (χ4v) is 1.49. The summed E-state index contributed by atoms with van der Waals surface area (Å²) >= 11 is 0. The van der Waals surface area contributed by atoms with Gasteiger partial charge < -0.3 is 15.7 Å². The molecule has 0 bridgehead atoms. The van der Waals surface area contributed by atoms with Crippen LogP contribution in [0.3, 0.4) is 0 Å².